The van der Waals surface area contributed by atoms with Crippen LogP contribution in [-0.2, 0) is 0 Å². The molecule has 0 aliphatic carbocycles. The highest BCUT2D eigenvalue weighted by atomic mass is 32.1. The van der Waals surface area contributed by atoms with Crippen molar-refractivity contribution in [3.8, 4) is 0 Å². The van der Waals surface area contributed by atoms with Crippen LogP contribution in [0.3, 0.4) is 0 Å². The van der Waals surface area contributed by atoms with Crippen LogP contribution in [0, 0.1) is 0 Å². The molecule has 1 heterocycles. The van der Waals surface area contributed by atoms with Gasteiger partial charge in [-0.25, -0.2) is 4.99 Å². The molecule has 0 unspecified atom stereocenters. The average Bonchev–Trinajstić information content (AvgIpc) is 2.84. The Bertz CT molecular complexity index is 678. The zero-order valence-corrected chi connectivity index (χ0v) is 12.3. The first-order valence-electron chi connectivity index (χ1n) is 6.81. The number of likely N-dealkylation sites (tertiary alicyclic amines) is 1. The Labute approximate surface area is 124 Å². The highest BCUT2D eigenvalue weighted by Crippen LogP contribution is 2.19. The van der Waals surface area contributed by atoms with E-state index in [-0.39, 0.29) is 0 Å². The highest BCUT2D eigenvalue weighted by molar-refractivity contribution is 7.80. The van der Waals surface area contributed by atoms with Gasteiger partial charge in [0.1, 0.15) is 5.84 Å². The van der Waals surface area contributed by atoms with E-state index in [1.807, 2.05) is 18.2 Å². The number of fused-ring (bicyclic) bond motifs is 1. The smallest absolute Gasteiger partial charge is 0.198 e. The number of nitrogens with zero attached hydrogens (tertiary/aromatic N) is 2. The molecule has 1 N–H and O–H groups in total. The van der Waals surface area contributed by atoms with Gasteiger partial charge in [-0.3, -0.25) is 0 Å². The Morgan fingerprint density at radius 1 is 1.20 bits per heavy atom. The molecule has 1 fully saturated rings. The number of anilines is 1. The molecular formula is C16H17N3S. The maximum atomic E-state index is 5.32. The van der Waals surface area contributed by atoms with Crippen molar-refractivity contribution in [2.24, 2.45) is 4.99 Å². The second kappa shape index (κ2) is 5.59. The zero-order chi connectivity index (χ0) is 13.9. The third kappa shape index (κ3) is 2.80. The van der Waals surface area contributed by atoms with Crippen molar-refractivity contribution in [2.45, 2.75) is 12.8 Å². The summed E-state index contributed by atoms with van der Waals surface area (Å²) < 4.78 is 0. The number of thiocarbonyl (C=S) groups is 1. The van der Waals surface area contributed by atoms with Gasteiger partial charge in [0, 0.05) is 25.7 Å². The highest BCUT2D eigenvalue weighted by Gasteiger charge is 2.14. The summed E-state index contributed by atoms with van der Waals surface area (Å²) in [7, 11) is 2.06. The molecule has 20 heavy (non-hydrogen) atoms. The number of aliphatic imine (C=N–C) groups is 1. The molecule has 1 aliphatic rings. The fraction of sp³-hybridized carbons (Fsp3) is 0.250. The standard InChI is InChI=1S/C16H17N3S/c1-19-10-4-7-15(19)18-16(20)17-14-9-8-12-5-2-3-6-13(12)11-14/h2-3,5-6,8-9,11H,4,7,10H2,1H3,(H,17,20). The third-order valence-corrected chi connectivity index (χ3v) is 3.76. The topological polar surface area (TPSA) is 27.6 Å². The largest absolute Gasteiger partial charge is 0.363 e. The molecule has 0 aromatic heterocycles. The summed E-state index contributed by atoms with van der Waals surface area (Å²) in [5.74, 6) is 1.07. The lowest BCUT2D eigenvalue weighted by Gasteiger charge is -2.12. The molecular weight excluding hydrogens is 266 g/mol. The van der Waals surface area contributed by atoms with E-state index in [1.54, 1.807) is 0 Å². The summed E-state index contributed by atoms with van der Waals surface area (Å²) in [6, 6.07) is 14.5. The number of nitrogens with one attached hydrogen (secondary N) is 1. The van der Waals surface area contributed by atoms with E-state index in [1.165, 1.54) is 10.8 Å². The summed E-state index contributed by atoms with van der Waals surface area (Å²) in [5.41, 5.74) is 0.985. The minimum absolute atomic E-state index is 0.532. The van der Waals surface area contributed by atoms with E-state index in [0.29, 0.717) is 5.11 Å². The van der Waals surface area contributed by atoms with Gasteiger partial charge in [-0.1, -0.05) is 30.3 Å². The van der Waals surface area contributed by atoms with Crippen molar-refractivity contribution in [1.82, 2.24) is 4.90 Å². The van der Waals surface area contributed by atoms with E-state index >= 15 is 0 Å². The van der Waals surface area contributed by atoms with Crippen molar-refractivity contribution < 1.29 is 0 Å². The van der Waals surface area contributed by atoms with E-state index in [9.17, 15) is 0 Å². The van der Waals surface area contributed by atoms with Crippen molar-refractivity contribution in [3.05, 3.63) is 42.5 Å². The number of amidine groups is 1. The van der Waals surface area contributed by atoms with Crippen LogP contribution in [0.2, 0.25) is 0 Å². The lowest BCUT2D eigenvalue weighted by Crippen LogP contribution is -2.21. The normalized spacial score (nSPS) is 16.9. The monoisotopic (exact) mass is 283 g/mol. The molecule has 2 aromatic carbocycles. The first kappa shape index (κ1) is 13.1. The molecule has 3 nitrogen and oxygen atoms in total. The molecule has 0 radical (unpaired) electrons. The van der Waals surface area contributed by atoms with Gasteiger partial charge in [0.05, 0.1) is 0 Å². The Morgan fingerprint density at radius 3 is 2.75 bits per heavy atom. The van der Waals surface area contributed by atoms with Crippen molar-refractivity contribution in [1.29, 1.82) is 0 Å². The van der Waals surface area contributed by atoms with Crippen LogP contribution in [0.25, 0.3) is 10.8 Å². The number of hydrogen-bond acceptors (Lipinski definition) is 1. The van der Waals surface area contributed by atoms with Gasteiger partial charge in [-0.05, 0) is 41.5 Å². The minimum Gasteiger partial charge on any atom is -0.363 e. The summed E-state index contributed by atoms with van der Waals surface area (Å²) in [6.07, 6.45) is 2.17. The summed E-state index contributed by atoms with van der Waals surface area (Å²) in [5, 5.41) is 6.16. The quantitative estimate of drug-likeness (QED) is 0.809. The number of benzene rings is 2. The average molecular weight is 283 g/mol. The predicted octanol–water partition coefficient (Wildman–Crippen LogP) is 3.66. The summed E-state index contributed by atoms with van der Waals surface area (Å²) in [4.78, 5) is 6.66. The van der Waals surface area contributed by atoms with Gasteiger partial charge >= 0.3 is 0 Å². The summed E-state index contributed by atoms with van der Waals surface area (Å²) in [6.45, 7) is 1.07. The van der Waals surface area contributed by atoms with Gasteiger partial charge in [0.2, 0.25) is 0 Å². The maximum Gasteiger partial charge on any atom is 0.198 e. The van der Waals surface area contributed by atoms with E-state index < -0.39 is 0 Å². The van der Waals surface area contributed by atoms with Crippen molar-refractivity contribution >= 4 is 39.6 Å². The van der Waals surface area contributed by atoms with Gasteiger partial charge < -0.3 is 10.2 Å². The van der Waals surface area contributed by atoms with Crippen LogP contribution < -0.4 is 5.32 Å². The molecule has 2 aromatic rings. The molecule has 4 heteroatoms. The van der Waals surface area contributed by atoms with Crippen LogP contribution in [0.5, 0.6) is 0 Å². The SMILES string of the molecule is CN1CCCC1=NC(=S)Nc1ccc2ccccc2c1. The van der Waals surface area contributed by atoms with Gasteiger partial charge in [0.25, 0.3) is 0 Å². The predicted molar refractivity (Wildman–Crippen MR) is 89.5 cm³/mol. The molecule has 0 amide bonds. The molecule has 3 rings (SSSR count). The van der Waals surface area contributed by atoms with E-state index in [2.05, 4.69) is 46.5 Å². The van der Waals surface area contributed by atoms with E-state index in [4.69, 9.17) is 12.2 Å². The number of hydrogen-bond donors (Lipinski definition) is 1. The van der Waals surface area contributed by atoms with Crippen molar-refractivity contribution in [2.75, 3.05) is 18.9 Å². The van der Waals surface area contributed by atoms with Crippen LogP contribution in [0.15, 0.2) is 47.5 Å². The second-order valence-corrected chi connectivity index (χ2v) is 5.43. The molecule has 1 saturated heterocycles. The van der Waals surface area contributed by atoms with Gasteiger partial charge in [-0.2, -0.15) is 0 Å². The first-order chi connectivity index (χ1) is 9.72. The van der Waals surface area contributed by atoms with E-state index in [0.717, 1.165) is 30.9 Å². The van der Waals surface area contributed by atoms with Crippen molar-refractivity contribution in [3.63, 3.8) is 0 Å². The fourth-order valence-electron chi connectivity index (χ4n) is 2.47. The number of rotatable bonds is 1. The third-order valence-electron chi connectivity index (χ3n) is 3.57. The Morgan fingerprint density at radius 2 is 2.00 bits per heavy atom. The molecule has 0 saturated carbocycles. The lowest BCUT2D eigenvalue weighted by atomic mass is 10.1. The molecule has 102 valence electrons. The summed E-state index contributed by atoms with van der Waals surface area (Å²) >= 11 is 5.32. The fourth-order valence-corrected chi connectivity index (χ4v) is 2.69. The first-order valence-corrected chi connectivity index (χ1v) is 7.22. The van der Waals surface area contributed by atoms with Crippen LogP contribution in [0.4, 0.5) is 5.69 Å². The maximum absolute atomic E-state index is 5.32. The van der Waals surface area contributed by atoms with Crippen LogP contribution in [0.1, 0.15) is 12.8 Å². The Kier molecular flexibility index (Phi) is 3.65. The van der Waals surface area contributed by atoms with Crippen LogP contribution in [-0.4, -0.2) is 29.4 Å². The molecule has 1 aliphatic heterocycles. The lowest BCUT2D eigenvalue weighted by molar-refractivity contribution is 0.550. The Hall–Kier alpha value is -1.94. The van der Waals surface area contributed by atoms with Crippen LogP contribution >= 0.6 is 12.2 Å². The zero-order valence-electron chi connectivity index (χ0n) is 11.5. The minimum atomic E-state index is 0.532. The van der Waals surface area contributed by atoms with Gasteiger partial charge in [-0.15, -0.1) is 0 Å². The molecule has 0 atom stereocenters. The molecule has 0 bridgehead atoms. The second-order valence-electron chi connectivity index (χ2n) is 5.05. The van der Waals surface area contributed by atoms with Gasteiger partial charge in [0.15, 0.2) is 5.11 Å². The molecule has 0 spiro atoms. The Balaban J connectivity index is 1.77.